The van der Waals surface area contributed by atoms with E-state index in [4.69, 9.17) is 9.47 Å². The SMILES string of the molecule is Cc1ccccc1CO[C@H]1[C@@H]2O[C@]2(C(C)C)CC[C@@]1(C)O. The Bertz CT molecular complexity index is 523. The Morgan fingerprint density at radius 2 is 2.05 bits per heavy atom. The molecular formula is C18H26O3. The highest BCUT2D eigenvalue weighted by molar-refractivity contribution is 5.25. The molecule has 0 amide bonds. The predicted octanol–water partition coefficient (Wildman–Crippen LogP) is 3.22. The van der Waals surface area contributed by atoms with Gasteiger partial charge in [0.15, 0.2) is 0 Å². The van der Waals surface area contributed by atoms with Crippen LogP contribution in [0.15, 0.2) is 24.3 Å². The van der Waals surface area contributed by atoms with Crippen molar-refractivity contribution in [2.45, 2.75) is 70.6 Å². The average Bonchev–Trinajstić information content (AvgIpc) is 3.15. The molecule has 116 valence electrons. The zero-order valence-electron chi connectivity index (χ0n) is 13.4. The number of hydrogen-bond acceptors (Lipinski definition) is 3. The third-order valence-electron chi connectivity index (χ3n) is 5.34. The Labute approximate surface area is 127 Å². The fourth-order valence-electron chi connectivity index (χ4n) is 3.61. The van der Waals surface area contributed by atoms with Gasteiger partial charge >= 0.3 is 0 Å². The van der Waals surface area contributed by atoms with Crippen molar-refractivity contribution >= 4 is 0 Å². The normalized spacial score (nSPS) is 38.4. The molecular weight excluding hydrogens is 264 g/mol. The Morgan fingerprint density at radius 3 is 2.71 bits per heavy atom. The number of hydrogen-bond donors (Lipinski definition) is 1. The van der Waals surface area contributed by atoms with E-state index in [9.17, 15) is 5.11 Å². The first-order chi connectivity index (χ1) is 9.87. The minimum absolute atomic E-state index is 0.0327. The molecule has 2 aliphatic rings. The minimum Gasteiger partial charge on any atom is -0.387 e. The Balaban J connectivity index is 1.73. The summed E-state index contributed by atoms with van der Waals surface area (Å²) in [6.07, 6.45) is 1.45. The standard InChI is InChI=1S/C18H26O3/c1-12(2)18-10-9-17(4,19)15(16(18)21-18)20-11-14-8-6-5-7-13(14)3/h5-8,12,15-16,19H,9-11H2,1-4H3/t15-,16-,17+,18-/m0/s1. The van der Waals surface area contributed by atoms with Gasteiger partial charge in [-0.05, 0) is 43.7 Å². The average molecular weight is 290 g/mol. The highest BCUT2D eigenvalue weighted by Crippen LogP contribution is 2.55. The van der Waals surface area contributed by atoms with Crippen LogP contribution in [0.4, 0.5) is 0 Å². The summed E-state index contributed by atoms with van der Waals surface area (Å²) >= 11 is 0. The van der Waals surface area contributed by atoms with Gasteiger partial charge in [-0.2, -0.15) is 0 Å². The van der Waals surface area contributed by atoms with Crippen LogP contribution in [0.2, 0.25) is 0 Å². The van der Waals surface area contributed by atoms with Gasteiger partial charge in [0, 0.05) is 0 Å². The van der Waals surface area contributed by atoms with E-state index in [2.05, 4.69) is 32.9 Å². The molecule has 3 nitrogen and oxygen atoms in total. The van der Waals surface area contributed by atoms with Gasteiger partial charge in [0.25, 0.3) is 0 Å². The third-order valence-corrected chi connectivity index (χ3v) is 5.34. The summed E-state index contributed by atoms with van der Waals surface area (Å²) in [6, 6.07) is 8.22. The van der Waals surface area contributed by atoms with Gasteiger partial charge in [-0.15, -0.1) is 0 Å². The second-order valence-corrected chi connectivity index (χ2v) is 7.16. The van der Waals surface area contributed by atoms with Crippen molar-refractivity contribution in [3.8, 4) is 0 Å². The fraction of sp³-hybridized carbons (Fsp3) is 0.667. The molecule has 0 radical (unpaired) electrons. The first-order valence-electron chi connectivity index (χ1n) is 7.93. The molecule has 0 spiro atoms. The summed E-state index contributed by atoms with van der Waals surface area (Å²) in [5.74, 6) is 0.461. The molecule has 21 heavy (non-hydrogen) atoms. The zero-order chi connectivity index (χ0) is 15.3. The largest absolute Gasteiger partial charge is 0.387 e. The zero-order valence-corrected chi connectivity index (χ0v) is 13.4. The number of ether oxygens (including phenoxy) is 2. The molecule has 3 rings (SSSR count). The number of aliphatic hydroxyl groups is 1. The second-order valence-electron chi connectivity index (χ2n) is 7.16. The molecule has 0 unspecified atom stereocenters. The molecule has 1 heterocycles. The number of rotatable bonds is 4. The quantitative estimate of drug-likeness (QED) is 0.866. The highest BCUT2D eigenvalue weighted by Gasteiger charge is 2.68. The maximum atomic E-state index is 10.7. The van der Waals surface area contributed by atoms with Crippen LogP contribution in [0, 0.1) is 12.8 Å². The van der Waals surface area contributed by atoms with Gasteiger partial charge in [-0.3, -0.25) is 0 Å². The van der Waals surface area contributed by atoms with Crippen LogP contribution in [0.25, 0.3) is 0 Å². The predicted molar refractivity (Wildman–Crippen MR) is 82.1 cm³/mol. The van der Waals surface area contributed by atoms with E-state index in [-0.39, 0.29) is 17.8 Å². The number of fused-ring (bicyclic) bond motifs is 1. The van der Waals surface area contributed by atoms with E-state index < -0.39 is 5.60 Å². The van der Waals surface area contributed by atoms with Crippen LogP contribution in [0.5, 0.6) is 0 Å². The van der Waals surface area contributed by atoms with Crippen molar-refractivity contribution in [3.63, 3.8) is 0 Å². The Kier molecular flexibility index (Phi) is 3.63. The van der Waals surface area contributed by atoms with Gasteiger partial charge < -0.3 is 14.6 Å². The van der Waals surface area contributed by atoms with Crippen LogP contribution in [0.1, 0.15) is 44.7 Å². The van der Waals surface area contributed by atoms with Crippen molar-refractivity contribution in [1.29, 1.82) is 0 Å². The van der Waals surface area contributed by atoms with Crippen LogP contribution in [-0.4, -0.2) is 28.5 Å². The van der Waals surface area contributed by atoms with Gasteiger partial charge in [-0.1, -0.05) is 38.1 Å². The van der Waals surface area contributed by atoms with E-state index in [1.165, 1.54) is 11.1 Å². The molecule has 1 aromatic carbocycles. The minimum atomic E-state index is -0.803. The smallest absolute Gasteiger partial charge is 0.117 e. The lowest BCUT2D eigenvalue weighted by Crippen LogP contribution is -2.52. The maximum absolute atomic E-state index is 10.7. The third kappa shape index (κ3) is 2.52. The summed E-state index contributed by atoms with van der Waals surface area (Å²) in [5, 5.41) is 10.7. The molecule has 1 N–H and O–H groups in total. The first-order valence-corrected chi connectivity index (χ1v) is 7.93. The second kappa shape index (κ2) is 5.08. The Morgan fingerprint density at radius 1 is 1.33 bits per heavy atom. The van der Waals surface area contributed by atoms with Gasteiger partial charge in [0.05, 0.1) is 17.8 Å². The number of aryl methyl sites for hydroxylation is 1. The van der Waals surface area contributed by atoms with E-state index in [0.717, 1.165) is 12.8 Å². The van der Waals surface area contributed by atoms with Crippen LogP contribution in [-0.2, 0) is 16.1 Å². The van der Waals surface area contributed by atoms with Crippen molar-refractivity contribution in [2.75, 3.05) is 0 Å². The maximum Gasteiger partial charge on any atom is 0.117 e. The number of benzene rings is 1. The first kappa shape index (κ1) is 15.0. The summed E-state index contributed by atoms with van der Waals surface area (Å²) in [4.78, 5) is 0. The van der Waals surface area contributed by atoms with E-state index in [1.54, 1.807) is 0 Å². The molecule has 1 aliphatic carbocycles. The van der Waals surface area contributed by atoms with Gasteiger partial charge in [0.2, 0.25) is 0 Å². The monoisotopic (exact) mass is 290 g/mol. The molecule has 1 saturated heterocycles. The highest BCUT2D eigenvalue weighted by atomic mass is 16.6. The lowest BCUT2D eigenvalue weighted by atomic mass is 9.73. The topological polar surface area (TPSA) is 42.0 Å². The van der Waals surface area contributed by atoms with Gasteiger partial charge in [0.1, 0.15) is 12.2 Å². The van der Waals surface area contributed by atoms with Crippen molar-refractivity contribution < 1.29 is 14.6 Å². The molecule has 0 bridgehead atoms. The summed E-state index contributed by atoms with van der Waals surface area (Å²) in [7, 11) is 0. The van der Waals surface area contributed by atoms with E-state index >= 15 is 0 Å². The lowest BCUT2D eigenvalue weighted by molar-refractivity contribution is -0.127. The van der Waals surface area contributed by atoms with E-state index in [1.807, 2.05) is 19.1 Å². The lowest BCUT2D eigenvalue weighted by Gasteiger charge is -2.38. The fourth-order valence-corrected chi connectivity index (χ4v) is 3.61. The van der Waals surface area contributed by atoms with Crippen molar-refractivity contribution in [3.05, 3.63) is 35.4 Å². The summed E-state index contributed by atoms with van der Waals surface area (Å²) < 4.78 is 12.1. The molecule has 1 aromatic rings. The molecule has 3 heteroatoms. The van der Waals surface area contributed by atoms with E-state index in [0.29, 0.717) is 12.5 Å². The van der Waals surface area contributed by atoms with Crippen molar-refractivity contribution in [1.82, 2.24) is 0 Å². The van der Waals surface area contributed by atoms with Crippen LogP contribution in [0.3, 0.4) is 0 Å². The summed E-state index contributed by atoms with van der Waals surface area (Å²) in [5.41, 5.74) is 1.52. The molecule has 4 atom stereocenters. The molecule has 1 saturated carbocycles. The van der Waals surface area contributed by atoms with Gasteiger partial charge in [-0.25, -0.2) is 0 Å². The Hall–Kier alpha value is -0.900. The molecule has 1 aliphatic heterocycles. The van der Waals surface area contributed by atoms with Crippen LogP contribution < -0.4 is 0 Å². The van der Waals surface area contributed by atoms with Crippen LogP contribution >= 0.6 is 0 Å². The summed E-state index contributed by atoms with van der Waals surface area (Å²) in [6.45, 7) is 8.88. The number of epoxide rings is 1. The molecule has 2 fully saturated rings. The van der Waals surface area contributed by atoms with Crippen molar-refractivity contribution in [2.24, 2.45) is 5.92 Å². The molecule has 0 aromatic heterocycles.